The van der Waals surface area contributed by atoms with E-state index in [1.165, 1.54) is 6.07 Å². The standard InChI is InChI=1S/C31H42N3O6S2Si/c1-31(2,3)32-41(36,37)34(23-30(35)33(42(34,38)39)19-20-43(4,5)6)28-18-17-27(21-25-13-9-7-10-14-25)22-29(28)40-24-26-15-11-8-12-16-26/h7-18,22,32H,19-21,23-24H2,1-6H3/q+1. The Morgan fingerprint density at radius 1 is 0.907 bits per heavy atom. The predicted octanol–water partition coefficient (Wildman–Crippen LogP) is 5.22. The molecule has 1 amide bonds. The van der Waals surface area contributed by atoms with Gasteiger partial charge < -0.3 is 4.74 Å². The van der Waals surface area contributed by atoms with E-state index in [0.717, 1.165) is 21.0 Å². The van der Waals surface area contributed by atoms with E-state index in [0.29, 0.717) is 12.5 Å². The highest BCUT2D eigenvalue weighted by atomic mass is 32.3. The first kappa shape index (κ1) is 32.9. The van der Waals surface area contributed by atoms with E-state index in [4.69, 9.17) is 4.74 Å². The maximum absolute atomic E-state index is 14.5. The smallest absolute Gasteiger partial charge is 0.420 e. The number of benzene rings is 3. The number of ether oxygens (including phenoxy) is 1. The summed E-state index contributed by atoms with van der Waals surface area (Å²) in [5, 5.41) is 0. The Morgan fingerprint density at radius 3 is 2.05 bits per heavy atom. The maximum atomic E-state index is 14.5. The van der Waals surface area contributed by atoms with Crippen LogP contribution in [0, 0.1) is 0 Å². The first-order valence-corrected chi connectivity index (χ1v) is 20.8. The molecule has 1 aliphatic rings. The van der Waals surface area contributed by atoms with E-state index >= 15 is 0 Å². The van der Waals surface area contributed by atoms with Gasteiger partial charge in [-0.2, -0.15) is 17.4 Å². The average molecular weight is 645 g/mol. The number of amides is 1. The minimum atomic E-state index is -4.81. The molecule has 232 valence electrons. The zero-order valence-corrected chi connectivity index (χ0v) is 28.3. The normalized spacial score (nSPS) is 19.0. The number of carbonyl (C=O) groups excluding carboxylic acids is 1. The molecule has 0 aliphatic carbocycles. The molecule has 0 saturated carbocycles. The van der Waals surface area contributed by atoms with Crippen molar-refractivity contribution in [2.75, 3.05) is 13.1 Å². The molecule has 4 rings (SSSR count). The van der Waals surface area contributed by atoms with Crippen molar-refractivity contribution in [3.8, 4) is 5.75 Å². The zero-order valence-electron chi connectivity index (χ0n) is 25.7. The Hall–Kier alpha value is -3.03. The van der Waals surface area contributed by atoms with Crippen molar-refractivity contribution in [1.82, 2.24) is 12.3 Å². The van der Waals surface area contributed by atoms with Crippen molar-refractivity contribution in [3.05, 3.63) is 95.6 Å². The van der Waals surface area contributed by atoms with E-state index in [1.807, 2.05) is 60.7 Å². The number of hydrogen-bond donors (Lipinski definition) is 1. The molecule has 0 spiro atoms. The molecule has 0 bridgehead atoms. The lowest BCUT2D eigenvalue weighted by Gasteiger charge is -2.33. The van der Waals surface area contributed by atoms with Gasteiger partial charge in [-0.3, -0.25) is 4.79 Å². The Kier molecular flexibility index (Phi) is 9.30. The van der Waals surface area contributed by atoms with Crippen LogP contribution in [0.4, 0.5) is 5.69 Å². The highest BCUT2D eigenvalue weighted by Crippen LogP contribution is 2.45. The summed E-state index contributed by atoms with van der Waals surface area (Å²) < 4.78 is 65.6. The van der Waals surface area contributed by atoms with Crippen LogP contribution in [0.25, 0.3) is 0 Å². The average Bonchev–Trinajstić information content (AvgIpc) is 3.11. The van der Waals surface area contributed by atoms with Crippen LogP contribution in [0.15, 0.2) is 78.9 Å². The van der Waals surface area contributed by atoms with Gasteiger partial charge in [0.1, 0.15) is 6.61 Å². The summed E-state index contributed by atoms with van der Waals surface area (Å²) in [4.78, 5) is 13.5. The molecule has 1 atom stereocenters. The van der Waals surface area contributed by atoms with Crippen molar-refractivity contribution in [1.29, 1.82) is 0 Å². The minimum Gasteiger partial charge on any atom is -0.483 e. The maximum Gasteiger partial charge on any atom is 0.420 e. The lowest BCUT2D eigenvalue weighted by Crippen LogP contribution is -2.63. The minimum absolute atomic E-state index is 0.0721. The van der Waals surface area contributed by atoms with Gasteiger partial charge in [-0.25, -0.2) is 0 Å². The Morgan fingerprint density at radius 2 is 1.49 bits per heavy atom. The lowest BCUT2D eigenvalue weighted by atomic mass is 10.0. The Labute approximate surface area is 257 Å². The highest BCUT2D eigenvalue weighted by molar-refractivity contribution is 8.05. The van der Waals surface area contributed by atoms with E-state index in [2.05, 4.69) is 24.4 Å². The number of nitrogens with zero attached hydrogens (tertiary/aromatic N) is 2. The van der Waals surface area contributed by atoms with Crippen LogP contribution < -0.4 is 12.8 Å². The lowest BCUT2D eigenvalue weighted by molar-refractivity contribution is -0.124. The molecule has 0 aromatic heterocycles. The van der Waals surface area contributed by atoms with E-state index < -0.39 is 49.8 Å². The summed E-state index contributed by atoms with van der Waals surface area (Å²) in [5.74, 6) is -0.681. The van der Waals surface area contributed by atoms with Crippen LogP contribution in [-0.4, -0.2) is 53.8 Å². The molecular weight excluding hydrogens is 603 g/mol. The topological polar surface area (TPSA) is 110 Å². The first-order valence-electron chi connectivity index (χ1n) is 14.3. The molecule has 12 heteroatoms. The molecular formula is C31H42N3O6S2Si+. The molecule has 1 fully saturated rings. The number of nitrogens with one attached hydrogen (secondary N) is 1. The number of hydrogen-bond acceptors (Lipinski definition) is 6. The van der Waals surface area contributed by atoms with Gasteiger partial charge in [0.05, 0.1) is 0 Å². The fourth-order valence-corrected chi connectivity index (χ4v) is 10.6. The van der Waals surface area contributed by atoms with Crippen molar-refractivity contribution in [2.24, 2.45) is 0 Å². The second-order valence-electron chi connectivity index (χ2n) is 13.2. The summed E-state index contributed by atoms with van der Waals surface area (Å²) >= 11 is 0. The van der Waals surface area contributed by atoms with E-state index in [9.17, 15) is 21.6 Å². The van der Waals surface area contributed by atoms with Crippen LogP contribution >= 0.6 is 0 Å². The number of rotatable bonds is 11. The molecule has 1 N–H and O–H groups in total. The van der Waals surface area contributed by atoms with Crippen LogP contribution in [-0.2, 0) is 38.2 Å². The number of carbonyl (C=O) groups is 1. The SMILES string of the molecule is CC(C)(C)NS(=O)(=O)[N+]1(c2ccc(Cc3ccccc3)cc2OCc2ccccc2)CC(=O)N(CC[Si](C)(C)C)S1(=O)=O. The van der Waals surface area contributed by atoms with Crippen molar-refractivity contribution < 1.29 is 26.4 Å². The molecule has 9 nitrogen and oxygen atoms in total. The van der Waals surface area contributed by atoms with Crippen molar-refractivity contribution in [3.63, 3.8) is 0 Å². The van der Waals surface area contributed by atoms with Gasteiger partial charge in [0, 0.05) is 26.2 Å². The van der Waals surface area contributed by atoms with Crippen LogP contribution in [0.3, 0.4) is 0 Å². The molecule has 1 saturated heterocycles. The second-order valence-corrected chi connectivity index (χ2v) is 22.7. The highest BCUT2D eigenvalue weighted by Gasteiger charge is 2.68. The van der Waals surface area contributed by atoms with Gasteiger partial charge in [-0.15, -0.1) is 8.42 Å². The first-order chi connectivity index (χ1) is 20.0. The molecule has 1 heterocycles. The van der Waals surface area contributed by atoms with Crippen LogP contribution in [0.2, 0.25) is 25.7 Å². The monoisotopic (exact) mass is 644 g/mol. The number of quaternary nitrogens is 1. The second kappa shape index (κ2) is 12.2. The van der Waals surface area contributed by atoms with Gasteiger partial charge in [0.2, 0.25) is 5.69 Å². The zero-order chi connectivity index (χ0) is 31.7. The van der Waals surface area contributed by atoms with Crippen molar-refractivity contribution in [2.45, 2.75) is 65.0 Å². The summed E-state index contributed by atoms with van der Waals surface area (Å²) in [6.07, 6.45) is 0.518. The third kappa shape index (κ3) is 7.21. The Bertz CT molecular complexity index is 1670. The van der Waals surface area contributed by atoms with Crippen LogP contribution in [0.1, 0.15) is 37.5 Å². The fourth-order valence-electron chi connectivity index (χ4n) is 4.94. The summed E-state index contributed by atoms with van der Waals surface area (Å²) in [6, 6.07) is 24.4. The van der Waals surface area contributed by atoms with Gasteiger partial charge in [-0.05, 0) is 59.3 Å². The quantitative estimate of drug-likeness (QED) is 0.226. The molecule has 3 aromatic carbocycles. The third-order valence-electron chi connectivity index (χ3n) is 7.04. The molecule has 1 aliphatic heterocycles. The van der Waals surface area contributed by atoms with Crippen molar-refractivity contribution >= 4 is 40.1 Å². The predicted molar refractivity (Wildman–Crippen MR) is 174 cm³/mol. The summed E-state index contributed by atoms with van der Waals surface area (Å²) in [6.45, 7) is 10.3. The Balaban J connectivity index is 1.92. The van der Waals surface area contributed by atoms with Gasteiger partial charge in [0.25, 0.3) is 5.91 Å². The molecule has 43 heavy (non-hydrogen) atoms. The molecule has 0 radical (unpaired) electrons. The van der Waals surface area contributed by atoms with Gasteiger partial charge in [0.15, 0.2) is 12.3 Å². The third-order valence-corrected chi connectivity index (χ3v) is 13.9. The summed E-state index contributed by atoms with van der Waals surface area (Å²) in [7, 11) is -11.4. The summed E-state index contributed by atoms with van der Waals surface area (Å²) in [5.41, 5.74) is 1.49. The van der Waals surface area contributed by atoms with E-state index in [-0.39, 0.29) is 24.6 Å². The van der Waals surface area contributed by atoms with Gasteiger partial charge >= 0.3 is 20.4 Å². The van der Waals surface area contributed by atoms with Crippen LogP contribution in [0.5, 0.6) is 5.75 Å². The molecule has 3 aromatic rings. The van der Waals surface area contributed by atoms with E-state index in [1.54, 1.807) is 32.9 Å². The molecule has 1 unspecified atom stereocenters. The fraction of sp³-hybridized carbons (Fsp3) is 0.387. The van der Waals surface area contributed by atoms with Gasteiger partial charge in [-0.1, -0.05) is 86.4 Å². The largest absolute Gasteiger partial charge is 0.483 e.